The second-order valence-electron chi connectivity index (χ2n) is 6.10. The van der Waals surface area contributed by atoms with Gasteiger partial charge in [0, 0.05) is 22.7 Å². The first kappa shape index (κ1) is 21.7. The summed E-state index contributed by atoms with van der Waals surface area (Å²) in [5, 5.41) is 8.07. The fourth-order valence-electron chi connectivity index (χ4n) is 2.69. The fourth-order valence-corrected chi connectivity index (χ4v) is 3.44. The third kappa shape index (κ3) is 5.31. The SMILES string of the molecule is CCOc1cc(NC(=O)c2cccs2)c(OCC)cc1NC(=O)c1ccc(Cl)cc1. The highest BCUT2D eigenvalue weighted by molar-refractivity contribution is 7.12. The predicted octanol–water partition coefficient (Wildman–Crippen LogP) is 5.70. The molecule has 0 radical (unpaired) electrons. The molecule has 2 N–H and O–H groups in total. The van der Waals surface area contributed by atoms with Crippen LogP contribution in [0.5, 0.6) is 11.5 Å². The molecule has 3 rings (SSSR count). The van der Waals surface area contributed by atoms with Gasteiger partial charge < -0.3 is 20.1 Å². The second-order valence-corrected chi connectivity index (χ2v) is 7.49. The van der Waals surface area contributed by atoms with Crippen molar-refractivity contribution < 1.29 is 19.1 Å². The molecule has 2 aromatic carbocycles. The van der Waals surface area contributed by atoms with Gasteiger partial charge in [-0.3, -0.25) is 9.59 Å². The summed E-state index contributed by atoms with van der Waals surface area (Å²) >= 11 is 7.24. The lowest BCUT2D eigenvalue weighted by Crippen LogP contribution is -2.15. The number of rotatable bonds is 8. The van der Waals surface area contributed by atoms with E-state index in [4.69, 9.17) is 21.1 Å². The molecule has 0 unspecified atom stereocenters. The summed E-state index contributed by atoms with van der Waals surface area (Å²) in [6, 6.07) is 13.4. The molecule has 0 saturated heterocycles. The van der Waals surface area contributed by atoms with Crippen molar-refractivity contribution in [3.8, 4) is 11.5 Å². The average molecular weight is 445 g/mol. The Morgan fingerprint density at radius 3 is 1.97 bits per heavy atom. The molecule has 1 aromatic heterocycles. The van der Waals surface area contributed by atoms with Crippen LogP contribution in [0.4, 0.5) is 11.4 Å². The van der Waals surface area contributed by atoms with Crippen LogP contribution in [0.2, 0.25) is 5.02 Å². The Morgan fingerprint density at radius 2 is 1.47 bits per heavy atom. The van der Waals surface area contributed by atoms with Crippen molar-refractivity contribution in [2.45, 2.75) is 13.8 Å². The van der Waals surface area contributed by atoms with Gasteiger partial charge in [0.1, 0.15) is 11.5 Å². The maximum absolute atomic E-state index is 12.7. The number of carbonyl (C=O) groups excluding carboxylic acids is 2. The average Bonchev–Trinajstić information content (AvgIpc) is 3.27. The van der Waals surface area contributed by atoms with Crippen LogP contribution in [0.25, 0.3) is 0 Å². The second kappa shape index (κ2) is 10.1. The minimum absolute atomic E-state index is 0.244. The quantitative estimate of drug-likeness (QED) is 0.467. The summed E-state index contributed by atoms with van der Waals surface area (Å²) in [5.74, 6) is 0.291. The molecule has 30 heavy (non-hydrogen) atoms. The molecule has 156 valence electrons. The fraction of sp³-hybridized carbons (Fsp3) is 0.182. The van der Waals surface area contributed by atoms with E-state index >= 15 is 0 Å². The first-order valence-electron chi connectivity index (χ1n) is 9.37. The number of amides is 2. The van der Waals surface area contributed by atoms with Crippen LogP contribution in [0.15, 0.2) is 53.9 Å². The number of ether oxygens (including phenoxy) is 2. The lowest BCUT2D eigenvalue weighted by Gasteiger charge is -2.17. The molecular weight excluding hydrogens is 424 g/mol. The number of hydrogen-bond donors (Lipinski definition) is 2. The van der Waals surface area contributed by atoms with E-state index in [2.05, 4.69) is 10.6 Å². The summed E-state index contributed by atoms with van der Waals surface area (Å²) in [6.45, 7) is 4.45. The van der Waals surface area contributed by atoms with Crippen molar-refractivity contribution in [3.05, 3.63) is 69.4 Å². The van der Waals surface area contributed by atoms with E-state index in [1.807, 2.05) is 25.3 Å². The molecule has 6 nitrogen and oxygen atoms in total. The highest BCUT2D eigenvalue weighted by Gasteiger charge is 2.18. The third-order valence-corrected chi connectivity index (χ3v) is 5.15. The van der Waals surface area contributed by atoms with Crippen molar-refractivity contribution in [1.82, 2.24) is 0 Å². The maximum Gasteiger partial charge on any atom is 0.265 e. The van der Waals surface area contributed by atoms with Crippen molar-refractivity contribution in [1.29, 1.82) is 0 Å². The van der Waals surface area contributed by atoms with Crippen LogP contribution >= 0.6 is 22.9 Å². The summed E-state index contributed by atoms with van der Waals surface area (Å²) in [6.07, 6.45) is 0. The Bertz CT molecular complexity index is 1020. The highest BCUT2D eigenvalue weighted by atomic mass is 35.5. The smallest absolute Gasteiger partial charge is 0.265 e. The summed E-state index contributed by atoms with van der Waals surface area (Å²) in [4.78, 5) is 25.7. The van der Waals surface area contributed by atoms with E-state index in [1.54, 1.807) is 42.5 Å². The van der Waals surface area contributed by atoms with Gasteiger partial charge >= 0.3 is 0 Å². The Kier molecular flexibility index (Phi) is 7.32. The van der Waals surface area contributed by atoms with Gasteiger partial charge in [-0.1, -0.05) is 17.7 Å². The molecule has 0 spiro atoms. The Hall–Kier alpha value is -3.03. The Balaban J connectivity index is 1.92. The topological polar surface area (TPSA) is 76.7 Å². The molecule has 0 fully saturated rings. The van der Waals surface area contributed by atoms with Gasteiger partial charge in [0.15, 0.2) is 0 Å². The van der Waals surface area contributed by atoms with Crippen molar-refractivity contribution in [2.24, 2.45) is 0 Å². The van der Waals surface area contributed by atoms with Crippen molar-refractivity contribution in [3.63, 3.8) is 0 Å². The van der Waals surface area contributed by atoms with Gasteiger partial charge in [-0.2, -0.15) is 0 Å². The Labute approximate surface area is 183 Å². The van der Waals surface area contributed by atoms with Gasteiger partial charge in [0.05, 0.1) is 29.5 Å². The molecular formula is C22H21ClN2O4S. The van der Waals surface area contributed by atoms with Crippen LogP contribution in [0.1, 0.15) is 33.9 Å². The van der Waals surface area contributed by atoms with E-state index in [0.717, 1.165) is 0 Å². The van der Waals surface area contributed by atoms with E-state index in [-0.39, 0.29) is 11.8 Å². The van der Waals surface area contributed by atoms with Gasteiger partial charge in [-0.05, 0) is 49.6 Å². The number of nitrogens with one attached hydrogen (secondary N) is 2. The van der Waals surface area contributed by atoms with Crippen molar-refractivity contribution >= 4 is 46.1 Å². The Morgan fingerprint density at radius 1 is 0.900 bits per heavy atom. The van der Waals surface area contributed by atoms with Crippen LogP contribution in [-0.2, 0) is 0 Å². The number of halogens is 1. The summed E-state index contributed by atoms with van der Waals surface area (Å²) < 4.78 is 11.4. The van der Waals surface area contributed by atoms with E-state index in [9.17, 15) is 9.59 Å². The van der Waals surface area contributed by atoms with E-state index < -0.39 is 0 Å². The number of anilines is 2. The van der Waals surface area contributed by atoms with Gasteiger partial charge in [-0.25, -0.2) is 0 Å². The van der Waals surface area contributed by atoms with Gasteiger partial charge in [-0.15, -0.1) is 11.3 Å². The zero-order valence-electron chi connectivity index (χ0n) is 16.5. The van der Waals surface area contributed by atoms with Crippen LogP contribution < -0.4 is 20.1 Å². The molecule has 0 atom stereocenters. The molecule has 2 amide bonds. The molecule has 0 saturated carbocycles. The first-order chi connectivity index (χ1) is 14.5. The van der Waals surface area contributed by atoms with Crippen molar-refractivity contribution in [2.75, 3.05) is 23.8 Å². The maximum atomic E-state index is 12.7. The molecule has 0 bridgehead atoms. The van der Waals surface area contributed by atoms with E-state index in [1.165, 1.54) is 11.3 Å². The summed E-state index contributed by atoms with van der Waals surface area (Å²) in [7, 11) is 0. The molecule has 0 aliphatic carbocycles. The van der Waals surface area contributed by atoms with Gasteiger partial charge in [0.2, 0.25) is 0 Å². The molecule has 0 aliphatic rings. The monoisotopic (exact) mass is 444 g/mol. The molecule has 3 aromatic rings. The lowest BCUT2D eigenvalue weighted by molar-refractivity contribution is 0.101. The standard InChI is InChI=1S/C22H21ClN2O4S/c1-3-28-18-13-17(25-22(27)20-6-5-11-30-20)19(29-4-2)12-16(18)24-21(26)14-7-9-15(23)10-8-14/h5-13H,3-4H2,1-2H3,(H,24,26)(H,25,27). The minimum atomic E-state index is -0.314. The number of benzene rings is 2. The lowest BCUT2D eigenvalue weighted by atomic mass is 10.2. The summed E-state index contributed by atoms with van der Waals surface area (Å²) in [5.41, 5.74) is 1.35. The number of thiophene rings is 1. The molecule has 1 heterocycles. The predicted molar refractivity (Wildman–Crippen MR) is 120 cm³/mol. The first-order valence-corrected chi connectivity index (χ1v) is 10.6. The third-order valence-electron chi connectivity index (χ3n) is 4.03. The zero-order chi connectivity index (χ0) is 21.5. The van der Waals surface area contributed by atoms with E-state index in [0.29, 0.717) is 51.6 Å². The molecule has 0 aliphatic heterocycles. The van der Waals surface area contributed by atoms with Crippen LogP contribution in [0.3, 0.4) is 0 Å². The highest BCUT2D eigenvalue weighted by Crippen LogP contribution is 2.37. The normalized spacial score (nSPS) is 10.4. The number of carbonyl (C=O) groups is 2. The largest absolute Gasteiger partial charge is 0.492 e. The number of hydrogen-bond acceptors (Lipinski definition) is 5. The van der Waals surface area contributed by atoms with Crippen LogP contribution in [-0.4, -0.2) is 25.0 Å². The van der Waals surface area contributed by atoms with Crippen LogP contribution in [0, 0.1) is 0 Å². The zero-order valence-corrected chi connectivity index (χ0v) is 18.1. The van der Waals surface area contributed by atoms with Gasteiger partial charge in [0.25, 0.3) is 11.8 Å². The molecule has 8 heteroatoms. The minimum Gasteiger partial charge on any atom is -0.492 e.